The number of ether oxygens (including phenoxy) is 1. The van der Waals surface area contributed by atoms with Gasteiger partial charge in [0, 0.05) is 6.04 Å². The first kappa shape index (κ1) is 9.00. The predicted octanol–water partition coefficient (Wildman–Crippen LogP) is 0.923. The summed E-state index contributed by atoms with van der Waals surface area (Å²) in [5, 5.41) is 0. The Kier molecular flexibility index (Phi) is 2.28. The van der Waals surface area contributed by atoms with Crippen molar-refractivity contribution < 1.29 is 9.53 Å². The fraction of sp³-hybridized carbons (Fsp3) is 0.900. The van der Waals surface area contributed by atoms with Gasteiger partial charge in [-0.25, -0.2) is 0 Å². The van der Waals surface area contributed by atoms with Gasteiger partial charge in [-0.05, 0) is 38.0 Å². The highest BCUT2D eigenvalue weighted by Gasteiger charge is 2.49. The minimum absolute atomic E-state index is 0.00120. The lowest BCUT2D eigenvalue weighted by molar-refractivity contribution is -0.150. The number of carbonyl (C=O) groups excluding carboxylic acids is 1. The van der Waals surface area contributed by atoms with Crippen LogP contribution in [0.15, 0.2) is 0 Å². The van der Waals surface area contributed by atoms with Crippen molar-refractivity contribution in [1.82, 2.24) is 0 Å². The van der Waals surface area contributed by atoms with Crippen molar-refractivity contribution in [2.24, 2.45) is 23.5 Å². The van der Waals surface area contributed by atoms with Crippen LogP contribution in [0.4, 0.5) is 0 Å². The quantitative estimate of drug-likeness (QED) is 0.648. The monoisotopic (exact) mass is 183 g/mol. The molecule has 2 aliphatic carbocycles. The van der Waals surface area contributed by atoms with E-state index in [0.29, 0.717) is 18.4 Å². The number of esters is 1. The Hall–Kier alpha value is -0.570. The van der Waals surface area contributed by atoms with Gasteiger partial charge in [0.05, 0.1) is 12.5 Å². The van der Waals surface area contributed by atoms with Crippen LogP contribution in [-0.2, 0) is 9.53 Å². The van der Waals surface area contributed by atoms with Gasteiger partial charge in [0.1, 0.15) is 0 Å². The molecule has 0 aromatic heterocycles. The topological polar surface area (TPSA) is 52.3 Å². The third-order valence-electron chi connectivity index (χ3n) is 3.54. The summed E-state index contributed by atoms with van der Waals surface area (Å²) < 4.78 is 5.03. The molecule has 2 saturated carbocycles. The van der Waals surface area contributed by atoms with E-state index in [-0.39, 0.29) is 17.9 Å². The number of rotatable bonds is 2. The van der Waals surface area contributed by atoms with Crippen molar-refractivity contribution >= 4 is 5.97 Å². The minimum atomic E-state index is -0.0674. The first-order chi connectivity index (χ1) is 6.24. The van der Waals surface area contributed by atoms with E-state index < -0.39 is 0 Å². The fourth-order valence-corrected chi connectivity index (χ4v) is 2.92. The molecule has 2 N–H and O–H groups in total. The molecule has 4 atom stereocenters. The molecule has 0 aromatic rings. The number of nitrogens with two attached hydrogens (primary N) is 1. The van der Waals surface area contributed by atoms with E-state index >= 15 is 0 Å². The molecular formula is C10H17NO2. The number of hydrogen-bond acceptors (Lipinski definition) is 3. The maximum absolute atomic E-state index is 11.5. The normalized spacial score (nSPS) is 42.3. The lowest BCUT2D eigenvalue weighted by atomic mass is 9.85. The van der Waals surface area contributed by atoms with Crippen molar-refractivity contribution in [2.75, 3.05) is 6.61 Å². The van der Waals surface area contributed by atoms with E-state index in [1.165, 1.54) is 12.8 Å². The summed E-state index contributed by atoms with van der Waals surface area (Å²) >= 11 is 0. The van der Waals surface area contributed by atoms with Gasteiger partial charge in [-0.3, -0.25) is 4.79 Å². The zero-order valence-corrected chi connectivity index (χ0v) is 8.03. The van der Waals surface area contributed by atoms with Crippen molar-refractivity contribution in [2.45, 2.75) is 32.2 Å². The van der Waals surface area contributed by atoms with Crippen LogP contribution in [0.1, 0.15) is 26.2 Å². The van der Waals surface area contributed by atoms with Crippen molar-refractivity contribution in [3.8, 4) is 0 Å². The molecule has 0 spiro atoms. The van der Waals surface area contributed by atoms with Crippen LogP contribution in [0.2, 0.25) is 0 Å². The van der Waals surface area contributed by atoms with Gasteiger partial charge in [-0.15, -0.1) is 0 Å². The Balaban J connectivity index is 2.03. The molecule has 0 amide bonds. The molecule has 3 nitrogen and oxygen atoms in total. The summed E-state index contributed by atoms with van der Waals surface area (Å²) in [6.07, 6.45) is 3.52. The molecule has 2 aliphatic rings. The van der Waals surface area contributed by atoms with Gasteiger partial charge in [-0.1, -0.05) is 0 Å². The molecule has 0 radical (unpaired) electrons. The van der Waals surface area contributed by atoms with Gasteiger partial charge in [0.15, 0.2) is 0 Å². The second-order valence-electron chi connectivity index (χ2n) is 4.19. The zero-order valence-electron chi connectivity index (χ0n) is 8.03. The van der Waals surface area contributed by atoms with E-state index in [1.54, 1.807) is 0 Å². The Morgan fingerprint density at radius 3 is 2.69 bits per heavy atom. The van der Waals surface area contributed by atoms with Gasteiger partial charge in [0.25, 0.3) is 0 Å². The maximum Gasteiger partial charge on any atom is 0.310 e. The van der Waals surface area contributed by atoms with Gasteiger partial charge in [-0.2, -0.15) is 0 Å². The minimum Gasteiger partial charge on any atom is -0.466 e. The van der Waals surface area contributed by atoms with Crippen LogP contribution in [0, 0.1) is 17.8 Å². The molecule has 2 rings (SSSR count). The molecule has 0 heterocycles. The molecule has 3 heteroatoms. The molecule has 0 aromatic carbocycles. The highest BCUT2D eigenvalue weighted by molar-refractivity contribution is 5.74. The first-order valence-electron chi connectivity index (χ1n) is 5.16. The number of fused-ring (bicyclic) bond motifs is 2. The van der Waals surface area contributed by atoms with Crippen LogP contribution in [0.5, 0.6) is 0 Å². The van der Waals surface area contributed by atoms with Gasteiger partial charge >= 0.3 is 5.97 Å². The summed E-state index contributed by atoms with van der Waals surface area (Å²) in [5.74, 6) is 1.03. The summed E-state index contributed by atoms with van der Waals surface area (Å²) in [4.78, 5) is 11.5. The summed E-state index contributed by atoms with van der Waals surface area (Å²) in [6.45, 7) is 2.32. The lowest BCUT2D eigenvalue weighted by Crippen LogP contribution is -2.41. The van der Waals surface area contributed by atoms with E-state index in [4.69, 9.17) is 10.5 Å². The van der Waals surface area contributed by atoms with Crippen LogP contribution in [0.3, 0.4) is 0 Å². The van der Waals surface area contributed by atoms with Crippen LogP contribution < -0.4 is 5.73 Å². The van der Waals surface area contributed by atoms with Crippen LogP contribution in [-0.4, -0.2) is 18.6 Å². The molecular weight excluding hydrogens is 166 g/mol. The van der Waals surface area contributed by atoms with E-state index in [1.807, 2.05) is 6.92 Å². The van der Waals surface area contributed by atoms with Crippen LogP contribution in [0.25, 0.3) is 0 Å². The standard InChI is InChI=1S/C10H17NO2/c1-2-13-10(12)8-6-3-4-7(5-6)9(8)11/h6-9H,2-5,11H2,1H3/t6-,7+,8+,9-/m1/s1. The van der Waals surface area contributed by atoms with E-state index in [2.05, 4.69) is 0 Å². The molecule has 0 saturated heterocycles. The smallest absolute Gasteiger partial charge is 0.310 e. The molecule has 0 unspecified atom stereocenters. The average molecular weight is 183 g/mol. The van der Waals surface area contributed by atoms with Crippen molar-refractivity contribution in [3.63, 3.8) is 0 Å². The Labute approximate surface area is 78.6 Å². The van der Waals surface area contributed by atoms with Crippen molar-refractivity contribution in [1.29, 1.82) is 0 Å². The maximum atomic E-state index is 11.5. The van der Waals surface area contributed by atoms with Gasteiger partial charge in [0.2, 0.25) is 0 Å². The molecule has 2 bridgehead atoms. The fourth-order valence-electron chi connectivity index (χ4n) is 2.92. The zero-order chi connectivity index (χ0) is 9.42. The average Bonchev–Trinajstić information content (AvgIpc) is 2.63. The first-order valence-corrected chi connectivity index (χ1v) is 5.16. The third-order valence-corrected chi connectivity index (χ3v) is 3.54. The van der Waals surface area contributed by atoms with E-state index in [0.717, 1.165) is 6.42 Å². The third kappa shape index (κ3) is 1.35. The van der Waals surface area contributed by atoms with Crippen molar-refractivity contribution in [3.05, 3.63) is 0 Å². The van der Waals surface area contributed by atoms with Gasteiger partial charge < -0.3 is 10.5 Å². The lowest BCUT2D eigenvalue weighted by Gasteiger charge is -2.25. The largest absolute Gasteiger partial charge is 0.466 e. The van der Waals surface area contributed by atoms with E-state index in [9.17, 15) is 4.79 Å². The molecule has 0 aliphatic heterocycles. The Bertz CT molecular complexity index is 215. The second-order valence-corrected chi connectivity index (χ2v) is 4.19. The Morgan fingerprint density at radius 1 is 1.46 bits per heavy atom. The van der Waals surface area contributed by atoms with Crippen LogP contribution >= 0.6 is 0 Å². The summed E-state index contributed by atoms with van der Waals surface area (Å²) in [5.41, 5.74) is 5.99. The molecule has 2 fully saturated rings. The number of carbonyl (C=O) groups is 1. The highest BCUT2D eigenvalue weighted by atomic mass is 16.5. The predicted molar refractivity (Wildman–Crippen MR) is 48.9 cm³/mol. The SMILES string of the molecule is CCOC(=O)[C@H]1[C@@H]2CC[C@@H](C2)[C@H]1N. The Morgan fingerprint density at radius 2 is 2.15 bits per heavy atom. The number of hydrogen-bond donors (Lipinski definition) is 1. The summed E-state index contributed by atoms with van der Waals surface area (Å²) in [6, 6.07) is 0.0674. The highest BCUT2D eigenvalue weighted by Crippen LogP contribution is 2.47. The molecule has 74 valence electrons. The summed E-state index contributed by atoms with van der Waals surface area (Å²) in [7, 11) is 0. The second kappa shape index (κ2) is 3.29. The molecule has 13 heavy (non-hydrogen) atoms.